The van der Waals surface area contributed by atoms with Crippen molar-refractivity contribution in [2.24, 2.45) is 0 Å². The van der Waals surface area contributed by atoms with Gasteiger partial charge in [0.05, 0.1) is 0 Å². The van der Waals surface area contributed by atoms with Crippen molar-refractivity contribution in [2.75, 3.05) is 0 Å². The van der Waals surface area contributed by atoms with Gasteiger partial charge >= 0.3 is 58.4 Å². The maximum Gasteiger partial charge on any atom is 1.00 e. The van der Waals surface area contributed by atoms with Crippen LogP contribution in [0.1, 0.15) is 5.56 Å². The minimum Gasteiger partial charge on any atom is -0.445 e. The molecule has 0 radical (unpaired) electrons. The Hall–Kier alpha value is 0.571. The fraction of sp³-hybridized carbons (Fsp3) is 0.143. The number of hydrogen-bond donors (Lipinski definition) is 0. The minimum atomic E-state index is -5.48. The van der Waals surface area contributed by atoms with Crippen LogP contribution in [-0.2, 0) is 0 Å². The minimum absolute atomic E-state index is 0. The third-order valence-electron chi connectivity index (χ3n) is 1.66. The maximum atomic E-state index is 12.7. The Bertz CT molecular complexity index is 336. The summed E-state index contributed by atoms with van der Waals surface area (Å²) in [6, 6.07) is 1.46. The van der Waals surface area contributed by atoms with Crippen LogP contribution >= 0.6 is 0 Å². The van der Waals surface area contributed by atoms with Gasteiger partial charge in [0.15, 0.2) is 5.82 Å². The van der Waals surface area contributed by atoms with Gasteiger partial charge in [-0.3, -0.25) is 0 Å². The Morgan fingerprint density at radius 3 is 1.93 bits per heavy atom. The molecular formula is C7H5BF5K. The number of benzene rings is 1. The molecule has 0 saturated heterocycles. The molecule has 0 heterocycles. The summed E-state index contributed by atoms with van der Waals surface area (Å²) in [5.74, 6) is -3.25. The van der Waals surface area contributed by atoms with Gasteiger partial charge in [0.2, 0.25) is 0 Å². The van der Waals surface area contributed by atoms with E-state index in [0.29, 0.717) is 6.07 Å². The van der Waals surface area contributed by atoms with E-state index in [9.17, 15) is 21.7 Å². The van der Waals surface area contributed by atoms with Crippen molar-refractivity contribution in [2.45, 2.75) is 6.92 Å². The van der Waals surface area contributed by atoms with Crippen LogP contribution < -0.4 is 56.8 Å². The molecule has 0 aliphatic heterocycles. The zero-order valence-electron chi connectivity index (χ0n) is 7.62. The van der Waals surface area contributed by atoms with E-state index in [1.807, 2.05) is 0 Å². The third-order valence-corrected chi connectivity index (χ3v) is 1.66. The maximum absolute atomic E-state index is 12.7. The van der Waals surface area contributed by atoms with Gasteiger partial charge in [0.25, 0.3) is 0 Å². The van der Waals surface area contributed by atoms with Crippen LogP contribution in [0.4, 0.5) is 21.7 Å². The van der Waals surface area contributed by atoms with Crippen molar-refractivity contribution in [3.05, 3.63) is 29.3 Å². The first-order chi connectivity index (χ1) is 5.84. The number of rotatable bonds is 1. The molecule has 0 aliphatic rings. The molecule has 1 aromatic rings. The summed E-state index contributed by atoms with van der Waals surface area (Å²) in [4.78, 5) is 0. The predicted molar refractivity (Wildman–Crippen MR) is 39.8 cm³/mol. The van der Waals surface area contributed by atoms with Gasteiger partial charge in [-0.05, 0) is 12.5 Å². The quantitative estimate of drug-likeness (QED) is 0.446. The van der Waals surface area contributed by atoms with Crippen LogP contribution in [0, 0.1) is 18.6 Å². The Morgan fingerprint density at radius 2 is 1.50 bits per heavy atom. The summed E-state index contributed by atoms with van der Waals surface area (Å²) in [5, 5.41) is 0. The monoisotopic (exact) mass is 234 g/mol. The zero-order valence-corrected chi connectivity index (χ0v) is 10.7. The Balaban J connectivity index is 0.00000169. The summed E-state index contributed by atoms with van der Waals surface area (Å²) in [6.45, 7) is -4.28. The van der Waals surface area contributed by atoms with Crippen molar-refractivity contribution in [3.8, 4) is 0 Å². The number of aryl methyl sites for hydroxylation is 1. The number of hydrogen-bond acceptors (Lipinski definition) is 0. The first-order valence-corrected chi connectivity index (χ1v) is 3.48. The summed E-state index contributed by atoms with van der Waals surface area (Å²) >= 11 is 0. The topological polar surface area (TPSA) is 0 Å². The Kier molecular flexibility index (Phi) is 5.28. The molecule has 0 saturated carbocycles. The van der Waals surface area contributed by atoms with Crippen molar-refractivity contribution < 1.29 is 73.1 Å². The summed E-state index contributed by atoms with van der Waals surface area (Å²) in [6.07, 6.45) is 0. The average Bonchev–Trinajstić information content (AvgIpc) is 1.98. The Morgan fingerprint density at radius 1 is 1.00 bits per heavy atom. The van der Waals surface area contributed by atoms with Crippen LogP contribution in [0.25, 0.3) is 0 Å². The molecule has 0 fully saturated rings. The van der Waals surface area contributed by atoms with E-state index in [1.54, 1.807) is 0 Å². The molecule has 14 heavy (non-hydrogen) atoms. The van der Waals surface area contributed by atoms with Crippen LogP contribution in [0.5, 0.6) is 0 Å². The van der Waals surface area contributed by atoms with Gasteiger partial charge in [-0.2, -0.15) is 0 Å². The summed E-state index contributed by atoms with van der Waals surface area (Å²) < 4.78 is 61.4. The molecule has 0 nitrogen and oxygen atoms in total. The van der Waals surface area contributed by atoms with E-state index in [1.165, 1.54) is 6.92 Å². The van der Waals surface area contributed by atoms with E-state index >= 15 is 0 Å². The van der Waals surface area contributed by atoms with Gasteiger partial charge < -0.3 is 12.9 Å². The second-order valence-electron chi connectivity index (χ2n) is 2.67. The summed E-state index contributed by atoms with van der Waals surface area (Å²) in [5.41, 5.74) is -1.65. The normalized spacial score (nSPS) is 11.0. The fourth-order valence-corrected chi connectivity index (χ4v) is 0.914. The van der Waals surface area contributed by atoms with Crippen LogP contribution in [0.3, 0.4) is 0 Å². The van der Waals surface area contributed by atoms with E-state index in [2.05, 4.69) is 0 Å². The Labute approximate surface area is 120 Å². The molecule has 1 aromatic carbocycles. The SMILES string of the molecule is Cc1ccc([B-](F)(F)F)c(F)c1F.[K+]. The largest absolute Gasteiger partial charge is 1.00 e. The molecule has 0 unspecified atom stereocenters. The van der Waals surface area contributed by atoms with E-state index in [4.69, 9.17) is 0 Å². The fourth-order valence-electron chi connectivity index (χ4n) is 0.914. The van der Waals surface area contributed by atoms with E-state index in [0.717, 1.165) is 6.07 Å². The average molecular weight is 234 g/mol. The van der Waals surface area contributed by atoms with Crippen molar-refractivity contribution in [1.29, 1.82) is 0 Å². The van der Waals surface area contributed by atoms with Gasteiger partial charge in [-0.15, -0.1) is 0 Å². The third kappa shape index (κ3) is 3.03. The van der Waals surface area contributed by atoms with Crippen molar-refractivity contribution >= 4 is 12.4 Å². The molecule has 0 aromatic heterocycles. The smallest absolute Gasteiger partial charge is 0.445 e. The molecule has 0 N–H and O–H groups in total. The molecule has 0 aliphatic carbocycles. The van der Waals surface area contributed by atoms with Gasteiger partial charge in [-0.25, -0.2) is 8.78 Å². The van der Waals surface area contributed by atoms with Gasteiger partial charge in [0, 0.05) is 0 Å². The molecule has 0 atom stereocenters. The van der Waals surface area contributed by atoms with E-state index in [-0.39, 0.29) is 56.9 Å². The van der Waals surface area contributed by atoms with Crippen LogP contribution in [0.2, 0.25) is 0 Å². The van der Waals surface area contributed by atoms with Crippen LogP contribution in [0.15, 0.2) is 12.1 Å². The van der Waals surface area contributed by atoms with Crippen molar-refractivity contribution in [1.82, 2.24) is 0 Å². The second kappa shape index (κ2) is 5.07. The molecule has 0 bridgehead atoms. The van der Waals surface area contributed by atoms with Gasteiger partial charge in [0.1, 0.15) is 5.82 Å². The molecule has 72 valence electrons. The van der Waals surface area contributed by atoms with E-state index < -0.39 is 24.1 Å². The molecule has 0 spiro atoms. The van der Waals surface area contributed by atoms with Crippen LogP contribution in [-0.4, -0.2) is 6.98 Å². The standard InChI is InChI=1S/C7H5BF5.K/c1-4-2-3-5(8(11,12)13)7(10)6(4)9;/h2-3H,1H3;/q-1;+1. The number of halogens is 5. The zero-order chi connectivity index (χ0) is 10.2. The molecular weight excluding hydrogens is 229 g/mol. The second-order valence-corrected chi connectivity index (χ2v) is 2.67. The molecule has 0 amide bonds. The van der Waals surface area contributed by atoms with Crippen molar-refractivity contribution in [3.63, 3.8) is 0 Å². The first-order valence-electron chi connectivity index (χ1n) is 3.48. The summed E-state index contributed by atoms with van der Waals surface area (Å²) in [7, 11) is 0. The first kappa shape index (κ1) is 14.6. The molecule has 1 rings (SSSR count). The van der Waals surface area contributed by atoms with Gasteiger partial charge in [-0.1, -0.05) is 17.6 Å². The molecule has 7 heteroatoms. The predicted octanol–water partition coefficient (Wildman–Crippen LogP) is -0.668.